The fourth-order valence-corrected chi connectivity index (χ4v) is 8.39. The van der Waals surface area contributed by atoms with Crippen LogP contribution in [0.2, 0.25) is 0 Å². The SMILES string of the molecule is CC(=O)OC[C@H]1O[C@@H](O[C@H]2Cc3c(OCc4ccccc4)cc(OCc4ccccc4)cc3O[C@@H]2c2ccc(OCc3ccccc3)c(OCc3ccccc3)c2)[C@H](OC(C)=O)[C@@H](OC(C)=O)[C@@H]1OC(C)=O. The molecule has 7 atom stereocenters. The maximum absolute atomic E-state index is 12.9. The van der Waals surface area contributed by atoms with E-state index in [-0.39, 0.29) is 32.8 Å². The molecule has 0 N–H and O–H groups in total. The highest BCUT2D eigenvalue weighted by molar-refractivity contribution is 5.69. The number of benzene rings is 6. The first-order chi connectivity index (χ1) is 34.9. The molecule has 0 amide bonds. The van der Waals surface area contributed by atoms with E-state index in [0.717, 1.165) is 36.1 Å². The van der Waals surface area contributed by atoms with Gasteiger partial charge < -0.3 is 52.1 Å². The van der Waals surface area contributed by atoms with Gasteiger partial charge in [-0.3, -0.25) is 19.2 Å². The number of carbonyl (C=O) groups is 4. The molecule has 8 rings (SSSR count). The van der Waals surface area contributed by atoms with Crippen molar-refractivity contribution in [2.45, 2.75) is 103 Å². The van der Waals surface area contributed by atoms with Crippen LogP contribution in [0.5, 0.6) is 28.7 Å². The van der Waals surface area contributed by atoms with Crippen LogP contribution in [0.3, 0.4) is 0 Å². The van der Waals surface area contributed by atoms with E-state index in [2.05, 4.69) is 0 Å². The van der Waals surface area contributed by atoms with Crippen LogP contribution < -0.4 is 23.7 Å². The average Bonchev–Trinajstić information content (AvgIpc) is 3.38. The fraction of sp³-hybridized carbons (Fsp3) is 0.298. The number of carbonyl (C=O) groups excluding carboxylic acids is 4. The molecule has 0 saturated carbocycles. The van der Waals surface area contributed by atoms with Gasteiger partial charge in [-0.15, -0.1) is 0 Å². The van der Waals surface area contributed by atoms with E-state index in [1.807, 2.05) is 133 Å². The Bertz CT molecular complexity index is 2750. The van der Waals surface area contributed by atoms with Crippen LogP contribution in [0, 0.1) is 0 Å². The van der Waals surface area contributed by atoms with Gasteiger partial charge >= 0.3 is 23.9 Å². The Morgan fingerprint density at radius 1 is 0.500 bits per heavy atom. The Balaban J connectivity index is 1.22. The monoisotopic (exact) mass is 980 g/mol. The molecule has 6 aromatic carbocycles. The third-order valence-corrected chi connectivity index (χ3v) is 11.7. The highest BCUT2D eigenvalue weighted by Crippen LogP contribution is 2.46. The summed E-state index contributed by atoms with van der Waals surface area (Å²) in [6.45, 7) is 5.20. The second kappa shape index (κ2) is 24.3. The Morgan fingerprint density at radius 2 is 0.986 bits per heavy atom. The zero-order chi connectivity index (χ0) is 50.4. The van der Waals surface area contributed by atoms with E-state index in [0.29, 0.717) is 39.9 Å². The molecule has 15 nitrogen and oxygen atoms in total. The third-order valence-electron chi connectivity index (χ3n) is 11.7. The van der Waals surface area contributed by atoms with Crippen LogP contribution >= 0.6 is 0 Å². The van der Waals surface area contributed by atoms with Gasteiger partial charge in [0.25, 0.3) is 0 Å². The number of hydrogen-bond donors (Lipinski definition) is 0. The molecule has 0 bridgehead atoms. The molecule has 0 spiro atoms. The van der Waals surface area contributed by atoms with E-state index in [1.54, 1.807) is 18.2 Å². The number of rotatable bonds is 20. The lowest BCUT2D eigenvalue weighted by Gasteiger charge is -2.46. The van der Waals surface area contributed by atoms with Gasteiger partial charge in [-0.05, 0) is 39.9 Å². The predicted octanol–water partition coefficient (Wildman–Crippen LogP) is 9.15. The third kappa shape index (κ3) is 13.7. The Hall–Kier alpha value is -7.88. The quantitative estimate of drug-likeness (QED) is 0.0524. The number of hydrogen-bond acceptors (Lipinski definition) is 15. The van der Waals surface area contributed by atoms with Crippen molar-refractivity contribution in [2.75, 3.05) is 6.61 Å². The maximum Gasteiger partial charge on any atom is 0.303 e. The fourth-order valence-electron chi connectivity index (χ4n) is 8.39. The van der Waals surface area contributed by atoms with Crippen molar-refractivity contribution < 1.29 is 71.3 Å². The highest BCUT2D eigenvalue weighted by Gasteiger charge is 2.54. The molecular formula is C57H56O15. The van der Waals surface area contributed by atoms with Gasteiger partial charge in [0.05, 0.1) is 0 Å². The largest absolute Gasteiger partial charge is 0.489 e. The number of ether oxygens (including phenoxy) is 11. The van der Waals surface area contributed by atoms with E-state index in [4.69, 9.17) is 52.1 Å². The standard InChI is InChI=1S/C57H56O15/c1-36(58)62-35-52-54(67-37(2)59)55(68-38(3)60)56(69-39(4)61)57(72-52)71-51-30-46-48(65-33-42-21-13-7-14-22-42)28-45(63-31-40-17-9-5-10-18-40)29-49(46)70-53(51)44-25-26-47(64-32-41-19-11-6-12-20-41)50(27-44)66-34-43-23-15-8-16-24-43/h5-29,51-57H,30-35H2,1-4H3/t51-,52+,53+,54+,55-,56+,57+/m0/s1. The van der Waals surface area contributed by atoms with Crippen molar-refractivity contribution in [1.82, 2.24) is 0 Å². The molecule has 1 fully saturated rings. The predicted molar refractivity (Wildman–Crippen MR) is 260 cm³/mol. The Kier molecular flexibility index (Phi) is 17.0. The van der Waals surface area contributed by atoms with Crippen LogP contribution in [-0.2, 0) is 80.4 Å². The van der Waals surface area contributed by atoms with Crippen LogP contribution in [0.4, 0.5) is 0 Å². The Labute approximate surface area is 417 Å². The lowest BCUT2D eigenvalue weighted by Crippen LogP contribution is -2.63. The normalized spacial score (nSPS) is 20.1. The first-order valence-electron chi connectivity index (χ1n) is 23.6. The minimum Gasteiger partial charge on any atom is -0.489 e. The summed E-state index contributed by atoms with van der Waals surface area (Å²) >= 11 is 0. The van der Waals surface area contributed by atoms with Crippen molar-refractivity contribution in [3.8, 4) is 28.7 Å². The summed E-state index contributed by atoms with van der Waals surface area (Å²) in [5.74, 6) is -0.717. The molecule has 6 aromatic rings. The summed E-state index contributed by atoms with van der Waals surface area (Å²) in [6, 6.07) is 48.0. The summed E-state index contributed by atoms with van der Waals surface area (Å²) in [4.78, 5) is 50.4. The first-order valence-corrected chi connectivity index (χ1v) is 23.6. The molecule has 2 aliphatic rings. The zero-order valence-corrected chi connectivity index (χ0v) is 40.3. The van der Waals surface area contributed by atoms with E-state index in [9.17, 15) is 19.2 Å². The molecular weight excluding hydrogens is 925 g/mol. The first kappa shape index (κ1) is 50.5. The minimum absolute atomic E-state index is 0.114. The van der Waals surface area contributed by atoms with Gasteiger partial charge in [-0.2, -0.15) is 0 Å². The second-order valence-corrected chi connectivity index (χ2v) is 17.2. The molecule has 1 saturated heterocycles. The second-order valence-electron chi connectivity index (χ2n) is 17.2. The van der Waals surface area contributed by atoms with Crippen LogP contribution in [0.1, 0.15) is 67.2 Å². The molecule has 0 radical (unpaired) electrons. The van der Waals surface area contributed by atoms with Gasteiger partial charge in [0.1, 0.15) is 62.5 Å². The lowest BCUT2D eigenvalue weighted by molar-refractivity contribution is -0.322. The van der Waals surface area contributed by atoms with Crippen LogP contribution in [-0.4, -0.2) is 67.3 Å². The molecule has 374 valence electrons. The van der Waals surface area contributed by atoms with Gasteiger partial charge in [-0.25, -0.2) is 0 Å². The molecule has 0 unspecified atom stereocenters. The number of fused-ring (bicyclic) bond motifs is 1. The lowest BCUT2D eigenvalue weighted by atomic mass is 9.92. The maximum atomic E-state index is 12.9. The van der Waals surface area contributed by atoms with Gasteiger partial charge in [-0.1, -0.05) is 127 Å². The summed E-state index contributed by atoms with van der Waals surface area (Å²) in [6.07, 6.45) is -9.01. The summed E-state index contributed by atoms with van der Waals surface area (Å²) in [5, 5.41) is 0. The average molecular weight is 981 g/mol. The van der Waals surface area contributed by atoms with Crippen molar-refractivity contribution in [2.24, 2.45) is 0 Å². The van der Waals surface area contributed by atoms with Crippen molar-refractivity contribution >= 4 is 23.9 Å². The van der Waals surface area contributed by atoms with Gasteiger partial charge in [0, 0.05) is 51.8 Å². The molecule has 2 aliphatic heterocycles. The van der Waals surface area contributed by atoms with Crippen molar-refractivity contribution in [3.63, 3.8) is 0 Å². The van der Waals surface area contributed by atoms with Crippen LogP contribution in [0.25, 0.3) is 0 Å². The Morgan fingerprint density at radius 3 is 1.51 bits per heavy atom. The topological polar surface area (TPSA) is 170 Å². The zero-order valence-electron chi connectivity index (χ0n) is 40.3. The smallest absolute Gasteiger partial charge is 0.303 e. The number of esters is 4. The molecule has 2 heterocycles. The molecule has 15 heteroatoms. The van der Waals surface area contributed by atoms with Crippen molar-refractivity contribution in [3.05, 3.63) is 185 Å². The molecule has 0 aliphatic carbocycles. The highest BCUT2D eigenvalue weighted by atomic mass is 16.7. The van der Waals surface area contributed by atoms with Gasteiger partial charge in [0.15, 0.2) is 42.2 Å². The van der Waals surface area contributed by atoms with Crippen LogP contribution in [0.15, 0.2) is 152 Å². The summed E-state index contributed by atoms with van der Waals surface area (Å²) in [5.41, 5.74) is 4.96. The van der Waals surface area contributed by atoms with E-state index in [1.165, 1.54) is 13.8 Å². The summed E-state index contributed by atoms with van der Waals surface area (Å²) in [7, 11) is 0. The van der Waals surface area contributed by atoms with E-state index < -0.39 is 73.4 Å². The molecule has 0 aromatic heterocycles. The van der Waals surface area contributed by atoms with E-state index >= 15 is 0 Å². The molecule has 72 heavy (non-hydrogen) atoms. The minimum atomic E-state index is -1.53. The van der Waals surface area contributed by atoms with Gasteiger partial charge in [0.2, 0.25) is 0 Å². The summed E-state index contributed by atoms with van der Waals surface area (Å²) < 4.78 is 69.0. The van der Waals surface area contributed by atoms with Crippen molar-refractivity contribution in [1.29, 1.82) is 0 Å².